The highest BCUT2D eigenvalue weighted by molar-refractivity contribution is 6.30. The topological polar surface area (TPSA) is 47.0 Å². The summed E-state index contributed by atoms with van der Waals surface area (Å²) in [7, 11) is 1.91. The van der Waals surface area contributed by atoms with Crippen LogP contribution in [0.3, 0.4) is 0 Å². The van der Waals surface area contributed by atoms with E-state index in [-0.39, 0.29) is 0 Å². The molecule has 2 aromatic heterocycles. The van der Waals surface area contributed by atoms with Gasteiger partial charge in [-0.25, -0.2) is 0 Å². The molecule has 4 nitrogen and oxygen atoms in total. The maximum atomic E-state index is 5.82. The molecular formula is C13H14ClN3O. The average molecular weight is 264 g/mol. The van der Waals surface area contributed by atoms with Gasteiger partial charge in [0.05, 0.1) is 16.9 Å². The predicted molar refractivity (Wildman–Crippen MR) is 70.6 cm³/mol. The molecule has 2 aromatic rings. The Balaban J connectivity index is 1.93. The molecule has 0 atom stereocenters. The zero-order valence-electron chi connectivity index (χ0n) is 10.1. The number of nitrogens with one attached hydrogen (secondary N) is 1. The van der Waals surface area contributed by atoms with Crippen molar-refractivity contribution in [3.63, 3.8) is 0 Å². The van der Waals surface area contributed by atoms with Crippen molar-refractivity contribution in [2.24, 2.45) is 0 Å². The Labute approximate surface area is 111 Å². The molecule has 0 saturated carbocycles. The molecule has 0 aliphatic rings. The lowest BCUT2D eigenvalue weighted by Crippen LogP contribution is -2.06. The first kappa shape index (κ1) is 12.8. The SMILES string of the molecule is CNCc1ccc(COc2cncc(Cl)c2)nc1. The molecule has 0 spiro atoms. The molecule has 0 aliphatic carbocycles. The van der Waals surface area contributed by atoms with Crippen molar-refractivity contribution in [1.82, 2.24) is 15.3 Å². The third kappa shape index (κ3) is 3.68. The highest BCUT2D eigenvalue weighted by Crippen LogP contribution is 2.16. The van der Waals surface area contributed by atoms with Crippen LogP contribution in [0.25, 0.3) is 0 Å². The smallest absolute Gasteiger partial charge is 0.139 e. The summed E-state index contributed by atoms with van der Waals surface area (Å²) in [5, 5.41) is 3.63. The Kier molecular flexibility index (Phi) is 4.50. The summed E-state index contributed by atoms with van der Waals surface area (Å²) < 4.78 is 5.55. The van der Waals surface area contributed by atoms with Crippen LogP contribution in [0.1, 0.15) is 11.3 Å². The highest BCUT2D eigenvalue weighted by Gasteiger charge is 1.99. The minimum Gasteiger partial charge on any atom is -0.486 e. The second-order valence-corrected chi connectivity index (χ2v) is 4.25. The van der Waals surface area contributed by atoms with Crippen molar-refractivity contribution < 1.29 is 4.74 Å². The molecule has 0 radical (unpaired) electrons. The number of halogens is 1. The number of aromatic nitrogens is 2. The highest BCUT2D eigenvalue weighted by atomic mass is 35.5. The second-order valence-electron chi connectivity index (χ2n) is 3.82. The van der Waals surface area contributed by atoms with Gasteiger partial charge < -0.3 is 10.1 Å². The Morgan fingerprint density at radius 1 is 1.28 bits per heavy atom. The first-order valence-electron chi connectivity index (χ1n) is 5.59. The summed E-state index contributed by atoms with van der Waals surface area (Å²) in [6, 6.07) is 5.70. The molecule has 0 aromatic carbocycles. The number of nitrogens with zero attached hydrogens (tertiary/aromatic N) is 2. The van der Waals surface area contributed by atoms with Crippen LogP contribution in [0.15, 0.2) is 36.8 Å². The van der Waals surface area contributed by atoms with Gasteiger partial charge in [0, 0.05) is 25.0 Å². The molecule has 18 heavy (non-hydrogen) atoms. The van der Waals surface area contributed by atoms with E-state index >= 15 is 0 Å². The lowest BCUT2D eigenvalue weighted by molar-refractivity contribution is 0.300. The summed E-state index contributed by atoms with van der Waals surface area (Å²) in [6.07, 6.45) is 5.03. The number of hydrogen-bond donors (Lipinski definition) is 1. The van der Waals surface area contributed by atoms with Gasteiger partial charge in [0.1, 0.15) is 12.4 Å². The van der Waals surface area contributed by atoms with Crippen molar-refractivity contribution >= 4 is 11.6 Å². The third-order valence-corrected chi connectivity index (χ3v) is 2.54. The number of hydrogen-bond acceptors (Lipinski definition) is 4. The quantitative estimate of drug-likeness (QED) is 0.900. The van der Waals surface area contributed by atoms with Crippen LogP contribution in [-0.2, 0) is 13.2 Å². The largest absolute Gasteiger partial charge is 0.486 e. The van der Waals surface area contributed by atoms with Crippen molar-refractivity contribution in [3.05, 3.63) is 53.1 Å². The second kappa shape index (κ2) is 6.33. The maximum Gasteiger partial charge on any atom is 0.139 e. The van der Waals surface area contributed by atoms with Crippen LogP contribution in [0, 0.1) is 0 Å². The first-order valence-corrected chi connectivity index (χ1v) is 5.97. The Morgan fingerprint density at radius 3 is 2.83 bits per heavy atom. The molecule has 0 aliphatic heterocycles. The minimum atomic E-state index is 0.405. The van der Waals surface area contributed by atoms with E-state index in [0.29, 0.717) is 17.4 Å². The zero-order chi connectivity index (χ0) is 12.8. The summed E-state index contributed by atoms with van der Waals surface area (Å²) in [6.45, 7) is 1.22. The van der Waals surface area contributed by atoms with Crippen molar-refractivity contribution in [3.8, 4) is 5.75 Å². The standard InChI is InChI=1S/C13H14ClN3O/c1-15-5-10-2-3-12(17-6-10)9-18-13-4-11(14)7-16-8-13/h2-4,6-8,15H,5,9H2,1H3. The van der Waals surface area contributed by atoms with Crippen LogP contribution in [0.4, 0.5) is 0 Å². The van der Waals surface area contributed by atoms with E-state index in [2.05, 4.69) is 15.3 Å². The van der Waals surface area contributed by atoms with Crippen LogP contribution >= 0.6 is 11.6 Å². The van der Waals surface area contributed by atoms with Gasteiger partial charge in [0.25, 0.3) is 0 Å². The summed E-state index contributed by atoms with van der Waals surface area (Å²) >= 11 is 5.82. The molecular weight excluding hydrogens is 250 g/mol. The average Bonchev–Trinajstić information content (AvgIpc) is 2.38. The number of ether oxygens (including phenoxy) is 1. The van der Waals surface area contributed by atoms with E-state index in [1.165, 1.54) is 0 Å². The predicted octanol–water partition coefficient (Wildman–Crippen LogP) is 2.43. The molecule has 0 bridgehead atoms. The fourth-order valence-corrected chi connectivity index (χ4v) is 1.64. The summed E-state index contributed by atoms with van der Waals surface area (Å²) in [4.78, 5) is 8.27. The molecule has 5 heteroatoms. The molecule has 2 heterocycles. The molecule has 0 saturated heterocycles. The molecule has 1 N–H and O–H groups in total. The van der Waals surface area contributed by atoms with Gasteiger partial charge in [-0.15, -0.1) is 0 Å². The van der Waals surface area contributed by atoms with Gasteiger partial charge in [0.2, 0.25) is 0 Å². The lowest BCUT2D eigenvalue weighted by atomic mass is 10.2. The van der Waals surface area contributed by atoms with Crippen molar-refractivity contribution in [2.45, 2.75) is 13.2 Å². The van der Waals surface area contributed by atoms with E-state index in [9.17, 15) is 0 Å². The van der Waals surface area contributed by atoms with Gasteiger partial charge in [-0.3, -0.25) is 9.97 Å². The minimum absolute atomic E-state index is 0.405. The van der Waals surface area contributed by atoms with E-state index in [1.54, 1.807) is 18.5 Å². The lowest BCUT2D eigenvalue weighted by Gasteiger charge is -2.06. The van der Waals surface area contributed by atoms with Crippen molar-refractivity contribution in [1.29, 1.82) is 0 Å². The van der Waals surface area contributed by atoms with Gasteiger partial charge in [0.15, 0.2) is 0 Å². The van der Waals surface area contributed by atoms with E-state index in [1.807, 2.05) is 25.4 Å². The Bertz CT molecular complexity index is 502. The molecule has 0 amide bonds. The van der Waals surface area contributed by atoms with Gasteiger partial charge in [-0.1, -0.05) is 17.7 Å². The monoisotopic (exact) mass is 263 g/mol. The van der Waals surface area contributed by atoms with Gasteiger partial charge >= 0.3 is 0 Å². The van der Waals surface area contributed by atoms with Crippen LogP contribution < -0.4 is 10.1 Å². The van der Waals surface area contributed by atoms with Crippen molar-refractivity contribution in [2.75, 3.05) is 7.05 Å². The van der Waals surface area contributed by atoms with Gasteiger partial charge in [-0.05, 0) is 18.7 Å². The summed E-state index contributed by atoms with van der Waals surface area (Å²) in [5.41, 5.74) is 2.01. The van der Waals surface area contributed by atoms with E-state index < -0.39 is 0 Å². The number of rotatable bonds is 5. The molecule has 2 rings (SSSR count). The summed E-state index contributed by atoms with van der Waals surface area (Å²) in [5.74, 6) is 0.642. The van der Waals surface area contributed by atoms with Crippen LogP contribution in [0.2, 0.25) is 5.02 Å². The van der Waals surface area contributed by atoms with E-state index in [4.69, 9.17) is 16.3 Å². The molecule has 94 valence electrons. The molecule has 0 unspecified atom stereocenters. The zero-order valence-corrected chi connectivity index (χ0v) is 10.8. The Morgan fingerprint density at radius 2 is 2.17 bits per heavy atom. The maximum absolute atomic E-state index is 5.82. The van der Waals surface area contributed by atoms with Gasteiger partial charge in [-0.2, -0.15) is 0 Å². The third-order valence-electron chi connectivity index (χ3n) is 2.33. The normalized spacial score (nSPS) is 10.3. The molecule has 0 fully saturated rings. The Hall–Kier alpha value is -1.65. The first-order chi connectivity index (χ1) is 8.78. The fourth-order valence-electron chi connectivity index (χ4n) is 1.48. The number of pyridine rings is 2. The van der Waals surface area contributed by atoms with Crippen LogP contribution in [0.5, 0.6) is 5.75 Å². The van der Waals surface area contributed by atoms with Crippen LogP contribution in [-0.4, -0.2) is 17.0 Å². The fraction of sp³-hybridized carbons (Fsp3) is 0.231. The van der Waals surface area contributed by atoms with E-state index in [0.717, 1.165) is 17.8 Å².